The summed E-state index contributed by atoms with van der Waals surface area (Å²) in [5.41, 5.74) is 1.07. The standard InChI is InChI=1S/C12H15NO4/c1-15-10-4-3-8(6-11(10)16-2)5-9-7-17-12(14)13-9/h3-4,6,9H,5,7H2,1-2H3,(H,13,14). The molecule has 5 heteroatoms. The third kappa shape index (κ3) is 2.61. The summed E-state index contributed by atoms with van der Waals surface area (Å²) in [5, 5.41) is 2.74. The van der Waals surface area contributed by atoms with Crippen molar-refractivity contribution in [1.82, 2.24) is 5.32 Å². The molecule has 0 bridgehead atoms. The first kappa shape index (κ1) is 11.6. The second-order valence-electron chi connectivity index (χ2n) is 3.83. The maximum Gasteiger partial charge on any atom is 0.407 e. The van der Waals surface area contributed by atoms with Crippen molar-refractivity contribution in [1.29, 1.82) is 0 Å². The van der Waals surface area contributed by atoms with Crippen molar-refractivity contribution >= 4 is 6.09 Å². The Hall–Kier alpha value is -1.91. The van der Waals surface area contributed by atoms with Gasteiger partial charge in [0.2, 0.25) is 0 Å². The average Bonchev–Trinajstić information content (AvgIpc) is 2.74. The summed E-state index contributed by atoms with van der Waals surface area (Å²) in [6, 6.07) is 5.74. The summed E-state index contributed by atoms with van der Waals surface area (Å²) in [5.74, 6) is 1.39. The van der Waals surface area contributed by atoms with Gasteiger partial charge in [0.1, 0.15) is 6.61 Å². The van der Waals surface area contributed by atoms with E-state index in [1.807, 2.05) is 18.2 Å². The molecule has 2 rings (SSSR count). The van der Waals surface area contributed by atoms with Crippen LogP contribution in [0, 0.1) is 0 Å². The van der Waals surface area contributed by atoms with Crippen LogP contribution < -0.4 is 14.8 Å². The number of nitrogens with one attached hydrogen (secondary N) is 1. The number of amides is 1. The van der Waals surface area contributed by atoms with Gasteiger partial charge in [-0.3, -0.25) is 0 Å². The second kappa shape index (κ2) is 4.95. The number of carbonyl (C=O) groups is 1. The molecule has 1 heterocycles. The minimum Gasteiger partial charge on any atom is -0.493 e. The van der Waals surface area contributed by atoms with E-state index in [1.165, 1.54) is 0 Å². The van der Waals surface area contributed by atoms with E-state index in [1.54, 1.807) is 14.2 Å². The van der Waals surface area contributed by atoms with E-state index in [4.69, 9.17) is 14.2 Å². The summed E-state index contributed by atoms with van der Waals surface area (Å²) in [6.07, 6.45) is 0.363. The number of alkyl carbamates (subject to hydrolysis) is 1. The fraction of sp³-hybridized carbons (Fsp3) is 0.417. The molecule has 1 aromatic rings. The van der Waals surface area contributed by atoms with Crippen LogP contribution >= 0.6 is 0 Å². The quantitative estimate of drug-likeness (QED) is 0.859. The van der Waals surface area contributed by atoms with E-state index in [2.05, 4.69) is 5.32 Å². The van der Waals surface area contributed by atoms with E-state index in [-0.39, 0.29) is 12.1 Å². The van der Waals surface area contributed by atoms with Crippen molar-refractivity contribution in [2.45, 2.75) is 12.5 Å². The Balaban J connectivity index is 2.08. The smallest absolute Gasteiger partial charge is 0.407 e. The Morgan fingerprint density at radius 3 is 2.71 bits per heavy atom. The van der Waals surface area contributed by atoms with Crippen LogP contribution in [-0.2, 0) is 11.2 Å². The first-order chi connectivity index (χ1) is 8.22. The molecule has 1 amide bonds. The average molecular weight is 237 g/mol. The highest BCUT2D eigenvalue weighted by Crippen LogP contribution is 2.28. The molecular weight excluding hydrogens is 222 g/mol. The van der Waals surface area contributed by atoms with Crippen LogP contribution in [0.15, 0.2) is 18.2 Å². The maximum absolute atomic E-state index is 10.9. The van der Waals surface area contributed by atoms with Crippen LogP contribution in [0.5, 0.6) is 11.5 Å². The number of hydrogen-bond donors (Lipinski definition) is 1. The predicted molar refractivity (Wildman–Crippen MR) is 61.5 cm³/mol. The van der Waals surface area contributed by atoms with Gasteiger partial charge >= 0.3 is 6.09 Å². The first-order valence-electron chi connectivity index (χ1n) is 5.37. The molecule has 17 heavy (non-hydrogen) atoms. The zero-order valence-corrected chi connectivity index (χ0v) is 9.86. The summed E-state index contributed by atoms with van der Waals surface area (Å²) in [7, 11) is 3.20. The minimum atomic E-state index is -0.351. The van der Waals surface area contributed by atoms with Crippen LogP contribution in [0.3, 0.4) is 0 Å². The molecular formula is C12H15NO4. The molecule has 1 fully saturated rings. The van der Waals surface area contributed by atoms with Gasteiger partial charge in [0.25, 0.3) is 0 Å². The number of cyclic esters (lactones) is 1. The number of benzene rings is 1. The van der Waals surface area contributed by atoms with E-state index < -0.39 is 0 Å². The van der Waals surface area contributed by atoms with Crippen molar-refractivity contribution in [3.05, 3.63) is 23.8 Å². The normalized spacial score (nSPS) is 18.5. The molecule has 1 aliphatic heterocycles. The molecule has 1 N–H and O–H groups in total. The molecule has 0 saturated carbocycles. The molecule has 1 saturated heterocycles. The van der Waals surface area contributed by atoms with Crippen LogP contribution in [0.4, 0.5) is 4.79 Å². The van der Waals surface area contributed by atoms with E-state index in [0.29, 0.717) is 24.5 Å². The number of methoxy groups -OCH3 is 2. The summed E-state index contributed by atoms with van der Waals surface area (Å²) in [6.45, 7) is 0.410. The van der Waals surface area contributed by atoms with Gasteiger partial charge in [-0.15, -0.1) is 0 Å². The highest BCUT2D eigenvalue weighted by molar-refractivity contribution is 5.69. The van der Waals surface area contributed by atoms with Crippen LogP contribution in [0.2, 0.25) is 0 Å². The summed E-state index contributed by atoms with van der Waals surface area (Å²) in [4.78, 5) is 10.9. The number of carbonyl (C=O) groups excluding carboxylic acids is 1. The Morgan fingerprint density at radius 2 is 2.12 bits per heavy atom. The first-order valence-corrected chi connectivity index (χ1v) is 5.37. The second-order valence-corrected chi connectivity index (χ2v) is 3.83. The third-order valence-electron chi connectivity index (χ3n) is 2.67. The third-order valence-corrected chi connectivity index (χ3v) is 2.67. The zero-order chi connectivity index (χ0) is 12.3. The van der Waals surface area contributed by atoms with Crippen molar-refractivity contribution in [2.75, 3.05) is 20.8 Å². The number of hydrogen-bond acceptors (Lipinski definition) is 4. The monoisotopic (exact) mass is 237 g/mol. The van der Waals surface area contributed by atoms with Crippen molar-refractivity contribution in [3.8, 4) is 11.5 Å². The molecule has 92 valence electrons. The predicted octanol–water partition coefficient (Wildman–Crippen LogP) is 1.35. The van der Waals surface area contributed by atoms with Crippen LogP contribution in [0.1, 0.15) is 5.56 Å². The molecule has 1 atom stereocenters. The fourth-order valence-electron chi connectivity index (χ4n) is 1.83. The van der Waals surface area contributed by atoms with Gasteiger partial charge in [0.15, 0.2) is 11.5 Å². The Labute approximate surface area is 99.7 Å². The van der Waals surface area contributed by atoms with Gasteiger partial charge < -0.3 is 19.5 Å². The van der Waals surface area contributed by atoms with Crippen LogP contribution in [0.25, 0.3) is 0 Å². The topological polar surface area (TPSA) is 56.8 Å². The van der Waals surface area contributed by atoms with E-state index in [0.717, 1.165) is 5.56 Å². The van der Waals surface area contributed by atoms with Gasteiger partial charge in [-0.05, 0) is 24.1 Å². The molecule has 1 unspecified atom stereocenters. The Kier molecular flexibility index (Phi) is 3.37. The van der Waals surface area contributed by atoms with E-state index >= 15 is 0 Å². The SMILES string of the molecule is COc1ccc(CC2COC(=O)N2)cc1OC. The van der Waals surface area contributed by atoms with E-state index in [9.17, 15) is 4.79 Å². The highest BCUT2D eigenvalue weighted by atomic mass is 16.6. The van der Waals surface area contributed by atoms with Crippen molar-refractivity contribution < 1.29 is 19.0 Å². The lowest BCUT2D eigenvalue weighted by atomic mass is 10.1. The van der Waals surface area contributed by atoms with Crippen molar-refractivity contribution in [3.63, 3.8) is 0 Å². The molecule has 1 aromatic carbocycles. The van der Waals surface area contributed by atoms with Crippen LogP contribution in [-0.4, -0.2) is 33.0 Å². The lowest BCUT2D eigenvalue weighted by molar-refractivity contribution is 0.177. The Bertz CT molecular complexity index is 419. The maximum atomic E-state index is 10.9. The van der Waals surface area contributed by atoms with Gasteiger partial charge in [0.05, 0.1) is 20.3 Å². The molecule has 0 spiro atoms. The Morgan fingerprint density at radius 1 is 1.35 bits per heavy atom. The molecule has 0 aromatic heterocycles. The minimum absolute atomic E-state index is 0.0283. The summed E-state index contributed by atoms with van der Waals surface area (Å²) >= 11 is 0. The number of rotatable bonds is 4. The molecule has 0 aliphatic carbocycles. The lowest BCUT2D eigenvalue weighted by Crippen LogP contribution is -2.28. The molecule has 0 radical (unpaired) electrons. The highest BCUT2D eigenvalue weighted by Gasteiger charge is 2.22. The fourth-order valence-corrected chi connectivity index (χ4v) is 1.83. The largest absolute Gasteiger partial charge is 0.493 e. The summed E-state index contributed by atoms with van der Waals surface area (Å²) < 4.78 is 15.2. The van der Waals surface area contributed by atoms with Gasteiger partial charge in [-0.2, -0.15) is 0 Å². The zero-order valence-electron chi connectivity index (χ0n) is 9.86. The van der Waals surface area contributed by atoms with Gasteiger partial charge in [0, 0.05) is 0 Å². The molecule has 5 nitrogen and oxygen atoms in total. The van der Waals surface area contributed by atoms with Crippen molar-refractivity contribution in [2.24, 2.45) is 0 Å². The van der Waals surface area contributed by atoms with Gasteiger partial charge in [-0.25, -0.2) is 4.79 Å². The van der Waals surface area contributed by atoms with Gasteiger partial charge in [-0.1, -0.05) is 6.07 Å². The lowest BCUT2D eigenvalue weighted by Gasteiger charge is -2.11. The molecule has 1 aliphatic rings. The number of ether oxygens (including phenoxy) is 3.